The monoisotopic (exact) mass is 1520 g/mol. The first-order chi connectivity index (χ1) is 56.7. The van der Waals surface area contributed by atoms with Gasteiger partial charge in [-0.15, -0.1) is 0 Å². The smallest absolute Gasteiger partial charge is 0.222 e. The molecule has 0 N–H and O–H groups in total. The predicted molar refractivity (Wildman–Crippen MR) is 484 cm³/mol. The van der Waals surface area contributed by atoms with Crippen LogP contribution >= 0.6 is 0 Å². The van der Waals surface area contributed by atoms with Crippen LogP contribution in [0.1, 0.15) is 138 Å². The van der Waals surface area contributed by atoms with E-state index in [1.54, 1.807) is 6.20 Å². The van der Waals surface area contributed by atoms with Gasteiger partial charge < -0.3 is 0 Å². The third kappa shape index (κ3) is 18.7. The number of fused-ring (bicyclic) bond motifs is 5. The molecule has 0 spiro atoms. The highest BCUT2D eigenvalue weighted by Gasteiger charge is 2.27. The van der Waals surface area contributed by atoms with Gasteiger partial charge in [-0.3, -0.25) is 15.0 Å². The van der Waals surface area contributed by atoms with Crippen LogP contribution in [0.4, 0.5) is 0 Å². The average molecular weight is 1520 g/mol. The molecule has 0 atom stereocenters. The molecule has 0 aliphatic heterocycles. The summed E-state index contributed by atoms with van der Waals surface area (Å²) in [5.41, 5.74) is 32.9. The van der Waals surface area contributed by atoms with E-state index in [9.17, 15) is 0 Å². The van der Waals surface area contributed by atoms with Gasteiger partial charge in [0.15, 0.2) is 28.5 Å². The minimum absolute atomic E-state index is 0.236. The normalized spacial score (nSPS) is 12.0. The fraction of sp³-hybridized carbons (Fsp3) is 0.271. The van der Waals surface area contributed by atoms with E-state index < -0.39 is 0 Å². The van der Waals surface area contributed by atoms with Crippen LogP contribution in [0.15, 0.2) is 243 Å². The number of aromatic nitrogens is 8. The van der Waals surface area contributed by atoms with Crippen LogP contribution < -0.4 is 22.8 Å². The molecule has 0 unspecified atom stereocenters. The minimum Gasteiger partial charge on any atom is -0.264 e. The van der Waals surface area contributed by atoms with Crippen LogP contribution in [-0.2, 0) is 48.1 Å². The summed E-state index contributed by atoms with van der Waals surface area (Å²) in [6.45, 7) is 42.7. The van der Waals surface area contributed by atoms with E-state index in [0.717, 1.165) is 135 Å². The Morgan fingerprint density at radius 2 is 0.609 bits per heavy atom. The molecule has 8 heteroatoms. The van der Waals surface area contributed by atoms with Crippen molar-refractivity contribution in [3.05, 3.63) is 333 Å². The molecule has 0 amide bonds. The summed E-state index contributed by atoms with van der Waals surface area (Å²) in [5, 5.41) is 10.8. The molecule has 582 valence electrons. The molecule has 8 nitrogen and oxygen atoms in total. The summed E-state index contributed by atoms with van der Waals surface area (Å²) in [7, 11) is 10.2. The van der Waals surface area contributed by atoms with E-state index in [0.29, 0.717) is 30.2 Å². The number of benzene rings is 8. The first kappa shape index (κ1) is 75.9. The van der Waals surface area contributed by atoms with Gasteiger partial charge in [0.05, 0.1) is 50.5 Å². The van der Waals surface area contributed by atoms with Crippen molar-refractivity contribution in [3.63, 3.8) is 0 Å². The first-order valence-corrected chi connectivity index (χ1v) is 40.2. The van der Waals surface area contributed by atoms with Gasteiger partial charge in [-0.05, 0) is 224 Å². The van der Waals surface area contributed by atoms with Gasteiger partial charge in [-0.1, -0.05) is 173 Å². The Balaban J connectivity index is 0.000000138. The maximum absolute atomic E-state index is 8.69. The molecule has 0 aliphatic rings. The lowest BCUT2D eigenvalue weighted by Crippen LogP contribution is -2.35. The van der Waals surface area contributed by atoms with Gasteiger partial charge in [0, 0.05) is 119 Å². The van der Waals surface area contributed by atoms with Crippen LogP contribution in [0.2, 0.25) is 0 Å². The van der Waals surface area contributed by atoms with Gasteiger partial charge in [0.25, 0.3) is 0 Å². The highest BCUT2D eigenvalue weighted by Crippen LogP contribution is 2.37. The van der Waals surface area contributed by atoms with Crippen LogP contribution in [0.25, 0.3) is 121 Å². The van der Waals surface area contributed by atoms with E-state index in [4.69, 9.17) is 6.85 Å². The SMILES string of the molecule is [2H]c1c(C)[n+](C)c(-c2cc(-c3cccnc3)ccc2C)c2ccc(C)cc12.[2H]c1c(C)[n+](C)c(-c2cc(C)ccc2C)c2ccc(CC(C)(C)C)cc12.[2H]c1c(C)[n+](C)c(-c2ccccc2C)c2ccc(CC(C)(C)C)cc12.[2H]c1c(C)[n+](C)c(-c2ccncc2C)c2ccc(C)cc12.[2H]c1c(C)[n+](C)c(-c2cnccc2C)c2ccc(C)cc12. The predicted octanol–water partition coefficient (Wildman–Crippen LogP) is 24.0. The Labute approximate surface area is 692 Å². The van der Waals surface area contributed by atoms with Crippen LogP contribution in [0, 0.1) is 108 Å². The van der Waals surface area contributed by atoms with Crippen molar-refractivity contribution in [2.75, 3.05) is 0 Å². The lowest BCUT2D eigenvalue weighted by Gasteiger charge is -2.18. The molecule has 16 aromatic rings. The molecule has 115 heavy (non-hydrogen) atoms. The lowest BCUT2D eigenvalue weighted by atomic mass is 9.87. The van der Waals surface area contributed by atoms with Gasteiger partial charge in [-0.25, -0.2) is 0 Å². The Hall–Kier alpha value is -11.7. The molecule has 8 aromatic heterocycles. The highest BCUT2D eigenvalue weighted by molar-refractivity contribution is 5.99. The standard InChI is InChI=1S/C24H23N2.C24H30N.C23H28N.2C18H19N2/c1-16-7-10-22-21(12-16)13-18(3)26(4)24(22)23-14-19(9-8-17(23)2)20-6-5-11-25-15-20;1-16-8-9-17(2)22(12-16)23-21-11-10-19(15-24(4,5)6)14-20(21)13-18(3)25(23)7;1-16-9-7-8-10-20(16)22-21-12-11-18(15-23(3,4)5)14-19(21)13-17(2)24(22)6;1-12-5-6-17-15(9-12)10-14(3)20(4)18(17)16-7-8-19-11-13(16)2;1-12-5-6-16-15(9-12)10-14(3)20(4)18(16)17-11-19-8-7-13(17)2/h5-15H,1-4H3;8-14H,15H2,1-7H3;7-14H,15H2,1-6H3;2*5-11H,1-4H3/q5*+1/i3*13D;2*10D. The van der Waals surface area contributed by atoms with Crippen molar-refractivity contribution in [3.8, 4) is 67.4 Å². The molecule has 16 rings (SSSR count). The fourth-order valence-corrected chi connectivity index (χ4v) is 15.8. The largest absolute Gasteiger partial charge is 0.264 e. The van der Waals surface area contributed by atoms with Gasteiger partial charge in [0.1, 0.15) is 35.2 Å². The third-order valence-corrected chi connectivity index (χ3v) is 22.3. The molecule has 0 radical (unpaired) electrons. The second-order valence-corrected chi connectivity index (χ2v) is 34.3. The summed E-state index contributed by atoms with van der Waals surface area (Å²) in [6.07, 6.45) is 13.2. The van der Waals surface area contributed by atoms with Crippen molar-refractivity contribution in [2.45, 2.75) is 151 Å². The lowest BCUT2D eigenvalue weighted by molar-refractivity contribution is -0.665. The molecule has 0 saturated heterocycles. The molecule has 0 bridgehead atoms. The number of aryl methyl sites for hydroxylation is 9. The van der Waals surface area contributed by atoms with E-state index in [-0.39, 0.29) is 10.8 Å². The molecule has 0 saturated carbocycles. The molecular formula is C107H119N8+5. The number of pyridine rings is 8. The zero-order valence-corrected chi connectivity index (χ0v) is 72.7. The minimum atomic E-state index is 0.236. The van der Waals surface area contributed by atoms with E-state index >= 15 is 0 Å². The average Bonchev–Trinajstić information content (AvgIpc) is 0.772. The Kier molecular flexibility index (Phi) is 22.8. The van der Waals surface area contributed by atoms with Crippen molar-refractivity contribution in [1.29, 1.82) is 0 Å². The van der Waals surface area contributed by atoms with Crippen LogP contribution in [-0.4, -0.2) is 15.0 Å². The second-order valence-electron chi connectivity index (χ2n) is 34.3. The Morgan fingerprint density at radius 3 is 1.03 bits per heavy atom. The van der Waals surface area contributed by atoms with E-state index in [1.807, 2.05) is 97.9 Å². The molecular weight excluding hydrogens is 1400 g/mol. The number of hydrogen-bond acceptors (Lipinski definition) is 3. The topological polar surface area (TPSA) is 58.1 Å². The highest BCUT2D eigenvalue weighted by atomic mass is 15.0. The summed E-state index contributed by atoms with van der Waals surface area (Å²) in [5.74, 6) is 0. The van der Waals surface area contributed by atoms with Crippen molar-refractivity contribution in [1.82, 2.24) is 15.0 Å². The number of rotatable bonds is 8. The Morgan fingerprint density at radius 1 is 0.270 bits per heavy atom. The van der Waals surface area contributed by atoms with Gasteiger partial charge in [-0.2, -0.15) is 22.8 Å². The zero-order chi connectivity index (χ0) is 87.0. The van der Waals surface area contributed by atoms with E-state index in [2.05, 4.69) is 321 Å². The maximum Gasteiger partial charge on any atom is 0.222 e. The number of hydrogen-bond donors (Lipinski definition) is 0. The second kappa shape index (κ2) is 34.5. The summed E-state index contributed by atoms with van der Waals surface area (Å²) >= 11 is 0. The fourth-order valence-electron chi connectivity index (χ4n) is 15.8. The third-order valence-electron chi connectivity index (χ3n) is 22.3. The summed E-state index contributed by atoms with van der Waals surface area (Å²) in [6, 6.07) is 65.2. The quantitative estimate of drug-likeness (QED) is 0.142. The van der Waals surface area contributed by atoms with Crippen LogP contribution in [0.3, 0.4) is 0 Å². The van der Waals surface area contributed by atoms with Crippen LogP contribution in [0.5, 0.6) is 0 Å². The first-order valence-electron chi connectivity index (χ1n) is 42.7. The molecule has 8 aromatic carbocycles. The molecule has 0 aliphatic carbocycles. The zero-order valence-electron chi connectivity index (χ0n) is 77.7. The van der Waals surface area contributed by atoms with Crippen molar-refractivity contribution >= 4 is 53.9 Å². The number of nitrogens with zero attached hydrogens (tertiary/aromatic N) is 8. The van der Waals surface area contributed by atoms with Gasteiger partial charge in [0.2, 0.25) is 28.5 Å². The van der Waals surface area contributed by atoms with E-state index in [1.165, 1.54) is 89.3 Å². The van der Waals surface area contributed by atoms with Crippen molar-refractivity contribution in [2.24, 2.45) is 46.1 Å². The Bertz CT molecular complexity index is 6520. The molecule has 8 heterocycles. The molecule has 0 fully saturated rings. The van der Waals surface area contributed by atoms with Crippen molar-refractivity contribution < 1.29 is 29.7 Å². The maximum atomic E-state index is 8.69. The summed E-state index contributed by atoms with van der Waals surface area (Å²) in [4.78, 5) is 12.7. The van der Waals surface area contributed by atoms with Gasteiger partial charge >= 0.3 is 0 Å². The summed E-state index contributed by atoms with van der Waals surface area (Å²) < 4.78 is 53.4.